The molecule has 0 amide bonds. The Hall–Kier alpha value is -1.61. The zero-order chi connectivity index (χ0) is 36.8. The molecule has 0 aliphatic heterocycles. The molecule has 0 fully saturated rings. The summed E-state index contributed by atoms with van der Waals surface area (Å²) in [5.74, 6) is 0. The lowest BCUT2D eigenvalue weighted by Gasteiger charge is -2.28. The zero-order valence-electron chi connectivity index (χ0n) is 32.4. The summed E-state index contributed by atoms with van der Waals surface area (Å²) in [6.45, 7) is 9.17. The van der Waals surface area contributed by atoms with Gasteiger partial charge in [-0.2, -0.15) is 0 Å². The van der Waals surface area contributed by atoms with Crippen molar-refractivity contribution in [3.05, 3.63) is 71.8 Å². The molecule has 0 aliphatic rings. The van der Waals surface area contributed by atoms with E-state index < -0.39 is 33.0 Å². The Balaban J connectivity index is 1.89. The fraction of sp³-hybridized carbons (Fsp3) is 0.714. The Morgan fingerprint density at radius 2 is 0.804 bits per heavy atom. The minimum atomic E-state index is -4.60. The Labute approximate surface area is 310 Å². The molecular formula is C42H71O8P. The van der Waals surface area contributed by atoms with Crippen LogP contribution in [0.2, 0.25) is 0 Å². The SMILES string of the molecule is CCCCCCCCCCCOC(OC(CC)OP(=O)(O)OC(CC)OC(OCCCCCCCCCCC)c1ccccc1)c1ccccc1. The monoisotopic (exact) mass is 734 g/mol. The van der Waals surface area contributed by atoms with Gasteiger partial charge in [0, 0.05) is 11.1 Å². The molecule has 9 heteroatoms. The molecule has 0 aliphatic carbocycles. The van der Waals surface area contributed by atoms with Crippen LogP contribution in [0.1, 0.15) is 180 Å². The third-order valence-electron chi connectivity index (χ3n) is 8.90. The summed E-state index contributed by atoms with van der Waals surface area (Å²) in [5, 5.41) is 0. The van der Waals surface area contributed by atoms with Gasteiger partial charge in [0.15, 0.2) is 25.2 Å². The fourth-order valence-corrected chi connectivity index (χ4v) is 6.89. The van der Waals surface area contributed by atoms with Gasteiger partial charge in [-0.1, -0.05) is 191 Å². The van der Waals surface area contributed by atoms with Gasteiger partial charge in [0.05, 0.1) is 13.2 Å². The number of benzene rings is 2. The van der Waals surface area contributed by atoms with Gasteiger partial charge in [-0.3, -0.25) is 9.05 Å². The van der Waals surface area contributed by atoms with Crippen molar-refractivity contribution in [2.24, 2.45) is 0 Å². The molecule has 51 heavy (non-hydrogen) atoms. The molecule has 0 aromatic heterocycles. The van der Waals surface area contributed by atoms with Crippen LogP contribution in [0.3, 0.4) is 0 Å². The number of unbranched alkanes of at least 4 members (excludes halogenated alkanes) is 16. The second kappa shape index (κ2) is 29.8. The van der Waals surface area contributed by atoms with Crippen molar-refractivity contribution in [1.82, 2.24) is 0 Å². The normalized spacial score (nSPS) is 15.3. The van der Waals surface area contributed by atoms with Crippen LogP contribution >= 0.6 is 7.82 Å². The first-order chi connectivity index (χ1) is 24.9. The summed E-state index contributed by atoms with van der Waals surface area (Å²) in [7, 11) is -4.60. The molecule has 4 unspecified atom stereocenters. The predicted octanol–water partition coefficient (Wildman–Crippen LogP) is 13.1. The molecule has 0 saturated carbocycles. The van der Waals surface area contributed by atoms with Crippen molar-refractivity contribution in [2.45, 2.75) is 181 Å². The average Bonchev–Trinajstić information content (AvgIpc) is 3.15. The summed E-state index contributed by atoms with van der Waals surface area (Å²) in [5.41, 5.74) is 1.63. The van der Waals surface area contributed by atoms with E-state index in [0.717, 1.165) is 36.8 Å². The molecule has 292 valence electrons. The number of rotatable bonds is 34. The molecule has 0 heterocycles. The van der Waals surface area contributed by atoms with Gasteiger partial charge in [-0.25, -0.2) is 4.57 Å². The maximum Gasteiger partial charge on any atom is 0.476 e. The van der Waals surface area contributed by atoms with E-state index in [9.17, 15) is 9.46 Å². The van der Waals surface area contributed by atoms with Gasteiger partial charge in [-0.15, -0.1) is 0 Å². The minimum Gasteiger partial charge on any atom is -0.348 e. The van der Waals surface area contributed by atoms with E-state index in [2.05, 4.69) is 13.8 Å². The first-order valence-corrected chi connectivity index (χ1v) is 21.7. The van der Waals surface area contributed by atoms with Crippen LogP contribution in [0.15, 0.2) is 60.7 Å². The van der Waals surface area contributed by atoms with Crippen LogP contribution < -0.4 is 0 Å². The topological polar surface area (TPSA) is 92.7 Å². The maximum atomic E-state index is 13.3. The molecule has 0 bridgehead atoms. The smallest absolute Gasteiger partial charge is 0.348 e. The van der Waals surface area contributed by atoms with Crippen LogP contribution in [0.4, 0.5) is 0 Å². The predicted molar refractivity (Wildman–Crippen MR) is 207 cm³/mol. The Bertz CT molecular complexity index is 1020. The van der Waals surface area contributed by atoms with Crippen molar-refractivity contribution in [1.29, 1.82) is 0 Å². The van der Waals surface area contributed by atoms with E-state index in [1.807, 2.05) is 74.5 Å². The highest BCUT2D eigenvalue weighted by Gasteiger charge is 2.33. The standard InChI is InChI=1S/C42H71O8P/c1-5-9-11-13-15-17-19-21-29-35-45-41(37-31-25-23-26-32-37)47-39(7-3)49-51(43,44)50-40(8-4)48-42(38-33-27-24-28-34-38)46-36-30-22-20-18-16-14-12-10-6-2/h23-28,31-34,39-42H,5-22,29-30,35-36H2,1-4H3,(H,43,44). The molecule has 8 nitrogen and oxygen atoms in total. The molecule has 2 aromatic rings. The summed E-state index contributed by atoms with van der Waals surface area (Å²) in [4.78, 5) is 10.9. The van der Waals surface area contributed by atoms with Crippen LogP contribution in [-0.2, 0) is 32.6 Å². The largest absolute Gasteiger partial charge is 0.476 e. The Morgan fingerprint density at radius 3 is 1.12 bits per heavy atom. The maximum absolute atomic E-state index is 13.3. The summed E-state index contributed by atoms with van der Waals surface area (Å²) in [6.07, 6.45) is 19.0. The van der Waals surface area contributed by atoms with Crippen molar-refractivity contribution >= 4 is 7.82 Å². The lowest BCUT2D eigenvalue weighted by atomic mass is 10.1. The van der Waals surface area contributed by atoms with Gasteiger partial charge in [-0.05, 0) is 25.7 Å². The van der Waals surface area contributed by atoms with Crippen molar-refractivity contribution < 1.29 is 37.5 Å². The number of hydrogen-bond donors (Lipinski definition) is 1. The van der Waals surface area contributed by atoms with E-state index in [1.165, 1.54) is 89.9 Å². The molecule has 1 N–H and O–H groups in total. The van der Waals surface area contributed by atoms with Gasteiger partial charge in [0.2, 0.25) is 0 Å². The van der Waals surface area contributed by atoms with E-state index in [1.54, 1.807) is 0 Å². The van der Waals surface area contributed by atoms with Crippen molar-refractivity contribution in [3.8, 4) is 0 Å². The van der Waals surface area contributed by atoms with Gasteiger partial charge >= 0.3 is 7.82 Å². The van der Waals surface area contributed by atoms with E-state index in [4.69, 9.17) is 28.0 Å². The van der Waals surface area contributed by atoms with E-state index >= 15 is 0 Å². The summed E-state index contributed by atoms with van der Waals surface area (Å²) < 4.78 is 49.2. The van der Waals surface area contributed by atoms with Crippen LogP contribution in [-0.4, -0.2) is 30.7 Å². The molecular weight excluding hydrogens is 663 g/mol. The lowest BCUT2D eigenvalue weighted by molar-refractivity contribution is -0.244. The van der Waals surface area contributed by atoms with Gasteiger partial charge in [0.1, 0.15) is 0 Å². The zero-order valence-corrected chi connectivity index (χ0v) is 33.3. The van der Waals surface area contributed by atoms with Crippen LogP contribution in [0, 0.1) is 0 Å². The Morgan fingerprint density at radius 1 is 0.490 bits per heavy atom. The van der Waals surface area contributed by atoms with Gasteiger partial charge in [0.25, 0.3) is 0 Å². The average molecular weight is 735 g/mol. The first-order valence-electron chi connectivity index (χ1n) is 20.3. The second-order valence-electron chi connectivity index (χ2n) is 13.5. The highest BCUT2D eigenvalue weighted by molar-refractivity contribution is 7.47. The van der Waals surface area contributed by atoms with Crippen LogP contribution in [0.5, 0.6) is 0 Å². The highest BCUT2D eigenvalue weighted by Crippen LogP contribution is 2.48. The molecule has 0 spiro atoms. The quantitative estimate of drug-likeness (QED) is 0.0431. The summed E-state index contributed by atoms with van der Waals surface area (Å²) in [6, 6.07) is 19.2. The van der Waals surface area contributed by atoms with E-state index in [0.29, 0.717) is 26.1 Å². The number of phosphoric ester groups is 1. The number of phosphoric acid groups is 1. The number of ether oxygens (including phenoxy) is 4. The molecule has 0 radical (unpaired) electrons. The lowest BCUT2D eigenvalue weighted by Crippen LogP contribution is -2.24. The van der Waals surface area contributed by atoms with Crippen molar-refractivity contribution in [3.63, 3.8) is 0 Å². The third kappa shape index (κ3) is 22.3. The Kier molecular flexibility index (Phi) is 26.6. The van der Waals surface area contributed by atoms with Gasteiger partial charge < -0.3 is 23.8 Å². The molecule has 0 saturated heterocycles. The third-order valence-corrected chi connectivity index (χ3v) is 9.90. The van der Waals surface area contributed by atoms with Crippen molar-refractivity contribution in [2.75, 3.05) is 13.2 Å². The van der Waals surface area contributed by atoms with E-state index in [-0.39, 0.29) is 0 Å². The molecule has 4 atom stereocenters. The minimum absolute atomic E-state index is 0.310. The highest BCUT2D eigenvalue weighted by atomic mass is 31.2. The molecule has 2 aromatic carbocycles. The molecule has 2 rings (SSSR count). The summed E-state index contributed by atoms with van der Waals surface area (Å²) >= 11 is 0. The second-order valence-corrected chi connectivity index (χ2v) is 14.9. The number of hydrogen-bond acceptors (Lipinski definition) is 7. The van der Waals surface area contributed by atoms with Crippen LogP contribution in [0.25, 0.3) is 0 Å². The first kappa shape index (κ1) is 45.5. The fourth-order valence-electron chi connectivity index (χ4n) is 5.84.